The Kier molecular flexibility index (Phi) is 4.76. The van der Waals surface area contributed by atoms with Crippen LogP contribution in [0.4, 0.5) is 13.2 Å². The topological polar surface area (TPSA) is 0 Å². The summed E-state index contributed by atoms with van der Waals surface area (Å²) in [4.78, 5) is 0. The van der Waals surface area contributed by atoms with Gasteiger partial charge in [0.25, 0.3) is 0 Å². The van der Waals surface area contributed by atoms with E-state index in [1.165, 1.54) is 17.7 Å². The van der Waals surface area contributed by atoms with Crippen LogP contribution in [-0.2, 0) is 6.42 Å². The zero-order valence-electron chi connectivity index (χ0n) is 13.4. The van der Waals surface area contributed by atoms with Gasteiger partial charge in [0.2, 0.25) is 0 Å². The number of aryl methyl sites for hydroxylation is 1. The number of rotatable bonds is 2. The second-order valence-corrected chi connectivity index (χ2v) is 5.96. The van der Waals surface area contributed by atoms with Crippen LogP contribution in [0, 0.1) is 29.3 Å². The Morgan fingerprint density at radius 3 is 2.50 bits per heavy atom. The van der Waals surface area contributed by atoms with E-state index in [-0.39, 0.29) is 5.56 Å². The normalized spacial score (nSPS) is 12.9. The molecule has 0 atom stereocenters. The molecule has 0 saturated carbocycles. The van der Waals surface area contributed by atoms with E-state index in [9.17, 15) is 13.2 Å². The van der Waals surface area contributed by atoms with E-state index in [4.69, 9.17) is 0 Å². The molecule has 0 aliphatic heterocycles. The van der Waals surface area contributed by atoms with E-state index in [2.05, 4.69) is 24.8 Å². The van der Waals surface area contributed by atoms with Crippen molar-refractivity contribution in [2.24, 2.45) is 0 Å². The molecule has 24 heavy (non-hydrogen) atoms. The molecule has 2 aromatic rings. The molecule has 0 radical (unpaired) electrons. The van der Waals surface area contributed by atoms with Crippen LogP contribution in [-0.4, -0.2) is 0 Å². The Morgan fingerprint density at radius 1 is 0.917 bits per heavy atom. The highest BCUT2D eigenvalue weighted by Crippen LogP contribution is 2.28. The molecule has 0 amide bonds. The molecule has 0 bridgehead atoms. The molecule has 0 N–H and O–H groups in total. The second-order valence-electron chi connectivity index (χ2n) is 5.96. The molecule has 1 aliphatic rings. The van der Waals surface area contributed by atoms with E-state index in [0.717, 1.165) is 48.9 Å². The predicted octanol–water partition coefficient (Wildman–Crippen LogP) is 5.63. The van der Waals surface area contributed by atoms with Crippen molar-refractivity contribution in [1.82, 2.24) is 0 Å². The third-order valence-corrected chi connectivity index (χ3v) is 4.14. The highest BCUT2D eigenvalue weighted by Gasteiger charge is 2.13. The highest BCUT2D eigenvalue weighted by atomic mass is 19.2. The van der Waals surface area contributed by atoms with Crippen molar-refractivity contribution in [3.8, 4) is 11.8 Å². The van der Waals surface area contributed by atoms with Gasteiger partial charge >= 0.3 is 0 Å². The molecule has 1 aliphatic carbocycles. The zero-order chi connectivity index (χ0) is 17.1. The summed E-state index contributed by atoms with van der Waals surface area (Å²) in [5.74, 6) is 3.15. The lowest BCUT2D eigenvalue weighted by molar-refractivity contribution is 0.508. The fraction of sp³-hybridized carbons (Fsp3) is 0.238. The Balaban J connectivity index is 1.91. The molecule has 0 spiro atoms. The van der Waals surface area contributed by atoms with E-state index in [0.29, 0.717) is 5.56 Å². The lowest BCUT2D eigenvalue weighted by Gasteiger charge is -2.16. The number of hydrogen-bond donors (Lipinski definition) is 0. The maximum atomic E-state index is 14.3. The van der Waals surface area contributed by atoms with Crippen molar-refractivity contribution in [2.45, 2.75) is 32.6 Å². The summed E-state index contributed by atoms with van der Waals surface area (Å²) in [5, 5.41) is 0. The zero-order valence-corrected chi connectivity index (χ0v) is 13.4. The van der Waals surface area contributed by atoms with E-state index >= 15 is 0 Å². The standard InChI is InChI=1S/C21H17F3/c1-2-3-14-4-7-16-12-17(20(23)13-18(16)10-14)8-5-15-6-9-19(22)21(24)11-15/h6,9-13H,2-4,7H2,1H3. The summed E-state index contributed by atoms with van der Waals surface area (Å²) in [5.41, 5.74) is 3.94. The van der Waals surface area contributed by atoms with Crippen LogP contribution in [0.1, 0.15) is 48.4 Å². The molecule has 0 nitrogen and oxygen atoms in total. The minimum atomic E-state index is -0.957. The number of halogens is 3. The molecular formula is C21H17F3. The largest absolute Gasteiger partial charge is 0.206 e. The molecule has 0 saturated heterocycles. The number of hydrogen-bond acceptors (Lipinski definition) is 0. The molecule has 0 heterocycles. The summed E-state index contributed by atoms with van der Waals surface area (Å²) in [7, 11) is 0. The smallest absolute Gasteiger partial charge is 0.160 e. The van der Waals surface area contributed by atoms with Crippen LogP contribution in [0.5, 0.6) is 0 Å². The SMILES string of the molecule is CCCC1=Cc2cc(F)c(C#Cc3ccc(F)c(F)c3)cc2CC1. The fourth-order valence-corrected chi connectivity index (χ4v) is 2.90. The first kappa shape index (κ1) is 16.4. The third-order valence-electron chi connectivity index (χ3n) is 4.14. The highest BCUT2D eigenvalue weighted by molar-refractivity contribution is 5.62. The van der Waals surface area contributed by atoms with Crippen molar-refractivity contribution >= 4 is 6.08 Å². The van der Waals surface area contributed by atoms with Crippen molar-refractivity contribution in [1.29, 1.82) is 0 Å². The van der Waals surface area contributed by atoms with Gasteiger partial charge < -0.3 is 0 Å². The number of fused-ring (bicyclic) bond motifs is 1. The van der Waals surface area contributed by atoms with Gasteiger partial charge in [-0.3, -0.25) is 0 Å². The van der Waals surface area contributed by atoms with E-state index in [1.807, 2.05) is 0 Å². The van der Waals surface area contributed by atoms with Crippen molar-refractivity contribution in [2.75, 3.05) is 0 Å². The summed E-state index contributed by atoms with van der Waals surface area (Å²) in [6.07, 6.45) is 6.06. The van der Waals surface area contributed by atoms with E-state index in [1.54, 1.807) is 6.07 Å². The fourth-order valence-electron chi connectivity index (χ4n) is 2.90. The second kappa shape index (κ2) is 6.97. The number of benzene rings is 2. The van der Waals surface area contributed by atoms with Gasteiger partial charge in [-0.15, -0.1) is 0 Å². The maximum absolute atomic E-state index is 14.3. The average Bonchev–Trinajstić information content (AvgIpc) is 2.56. The maximum Gasteiger partial charge on any atom is 0.160 e. The summed E-state index contributed by atoms with van der Waals surface area (Å²) >= 11 is 0. The Labute approximate surface area is 140 Å². The summed E-state index contributed by atoms with van der Waals surface area (Å²) in [6.45, 7) is 2.13. The summed E-state index contributed by atoms with van der Waals surface area (Å²) in [6, 6.07) is 6.68. The molecule has 0 fully saturated rings. The van der Waals surface area contributed by atoms with Gasteiger partial charge in [0.1, 0.15) is 5.82 Å². The molecule has 122 valence electrons. The molecule has 0 unspecified atom stereocenters. The van der Waals surface area contributed by atoms with Gasteiger partial charge in [0.15, 0.2) is 11.6 Å². The van der Waals surface area contributed by atoms with E-state index < -0.39 is 17.5 Å². The number of allylic oxidation sites excluding steroid dienone is 1. The van der Waals surface area contributed by atoms with Crippen LogP contribution in [0.25, 0.3) is 6.08 Å². The molecule has 0 aromatic heterocycles. The molecule has 3 rings (SSSR count). The van der Waals surface area contributed by atoms with Gasteiger partial charge in [-0.1, -0.05) is 36.8 Å². The van der Waals surface area contributed by atoms with Gasteiger partial charge in [-0.2, -0.15) is 0 Å². The third kappa shape index (κ3) is 3.54. The summed E-state index contributed by atoms with van der Waals surface area (Å²) < 4.78 is 40.4. The van der Waals surface area contributed by atoms with Gasteiger partial charge in [0, 0.05) is 5.56 Å². The van der Waals surface area contributed by atoms with Crippen molar-refractivity contribution < 1.29 is 13.2 Å². The molecule has 2 aromatic carbocycles. The van der Waals surface area contributed by atoms with Crippen LogP contribution in [0.15, 0.2) is 35.9 Å². The van der Waals surface area contributed by atoms with Crippen LogP contribution >= 0.6 is 0 Å². The van der Waals surface area contributed by atoms with Gasteiger partial charge in [0.05, 0.1) is 5.56 Å². The Hall–Kier alpha value is -2.47. The predicted molar refractivity (Wildman–Crippen MR) is 89.9 cm³/mol. The molecule has 3 heteroatoms. The van der Waals surface area contributed by atoms with Gasteiger partial charge in [-0.05, 0) is 60.7 Å². The van der Waals surface area contributed by atoms with Crippen LogP contribution in [0.2, 0.25) is 0 Å². The first-order valence-electron chi connectivity index (χ1n) is 8.05. The minimum Gasteiger partial charge on any atom is -0.206 e. The minimum absolute atomic E-state index is 0.283. The Bertz CT molecular complexity index is 867. The van der Waals surface area contributed by atoms with Crippen LogP contribution in [0.3, 0.4) is 0 Å². The first-order chi connectivity index (χ1) is 11.6. The Morgan fingerprint density at radius 2 is 1.75 bits per heavy atom. The average molecular weight is 326 g/mol. The van der Waals surface area contributed by atoms with Crippen molar-refractivity contribution in [3.05, 3.63) is 75.6 Å². The monoisotopic (exact) mass is 326 g/mol. The lowest BCUT2D eigenvalue weighted by atomic mass is 9.89. The quantitative estimate of drug-likeness (QED) is 0.627. The lowest BCUT2D eigenvalue weighted by Crippen LogP contribution is -2.01. The first-order valence-corrected chi connectivity index (χ1v) is 8.05. The van der Waals surface area contributed by atoms with Crippen LogP contribution < -0.4 is 0 Å². The van der Waals surface area contributed by atoms with Crippen molar-refractivity contribution in [3.63, 3.8) is 0 Å². The van der Waals surface area contributed by atoms with Gasteiger partial charge in [-0.25, -0.2) is 13.2 Å². The molecular weight excluding hydrogens is 309 g/mol.